The molecule has 0 amide bonds. The largest absolute Gasteiger partial charge is 0.505 e. The van der Waals surface area contributed by atoms with Gasteiger partial charge in [0.1, 0.15) is 0 Å². The van der Waals surface area contributed by atoms with Gasteiger partial charge in [0.15, 0.2) is 34.8 Å². The van der Waals surface area contributed by atoms with Gasteiger partial charge in [0, 0.05) is 16.7 Å². The van der Waals surface area contributed by atoms with Crippen LogP contribution in [0.4, 0.5) is 26.3 Å². The van der Waals surface area contributed by atoms with Crippen LogP contribution in [-0.4, -0.2) is 11.7 Å². The van der Waals surface area contributed by atoms with Crippen molar-refractivity contribution in [2.75, 3.05) is 6.61 Å². The zero-order valence-corrected chi connectivity index (χ0v) is 18.1. The maximum atomic E-state index is 15.0. The lowest BCUT2D eigenvalue weighted by atomic mass is 9.82. The molecule has 1 aliphatic carbocycles. The Morgan fingerprint density at radius 1 is 0.765 bits per heavy atom. The molecule has 0 bridgehead atoms. The molecule has 3 aromatic carbocycles. The number of hydrogen-bond donors (Lipinski definition) is 1. The van der Waals surface area contributed by atoms with Gasteiger partial charge in [0.25, 0.3) is 0 Å². The van der Waals surface area contributed by atoms with Crippen LogP contribution in [0.15, 0.2) is 42.5 Å². The van der Waals surface area contributed by atoms with E-state index < -0.39 is 57.7 Å². The second-order valence-electron chi connectivity index (χ2n) is 7.96. The lowest BCUT2D eigenvalue weighted by Crippen LogP contribution is -2.09. The van der Waals surface area contributed by atoms with Gasteiger partial charge >= 0.3 is 0 Å². The van der Waals surface area contributed by atoms with Gasteiger partial charge in [0.2, 0.25) is 11.6 Å². The topological polar surface area (TPSA) is 29.5 Å². The summed E-state index contributed by atoms with van der Waals surface area (Å²) < 4.78 is 91.4. The minimum absolute atomic E-state index is 0.00347. The number of phenols is 1. The SMILES string of the molecule is CCOc1ccc(-c2ccc(C3CC=C(c4ccc(O)c(F)c4F)CC3)c(F)c2F)c(F)c1F. The predicted octanol–water partition coefficient (Wildman–Crippen LogP) is 7.64. The van der Waals surface area contributed by atoms with Gasteiger partial charge in [-0.2, -0.15) is 8.78 Å². The van der Waals surface area contributed by atoms with Gasteiger partial charge in [-0.3, -0.25) is 0 Å². The fourth-order valence-corrected chi connectivity index (χ4v) is 4.24. The Labute approximate surface area is 192 Å². The van der Waals surface area contributed by atoms with E-state index in [0.29, 0.717) is 12.0 Å². The summed E-state index contributed by atoms with van der Waals surface area (Å²) in [5, 5.41) is 9.28. The molecule has 1 aliphatic rings. The number of hydrogen-bond acceptors (Lipinski definition) is 2. The zero-order valence-electron chi connectivity index (χ0n) is 18.1. The predicted molar refractivity (Wildman–Crippen MR) is 115 cm³/mol. The third-order valence-electron chi connectivity index (χ3n) is 6.01. The third kappa shape index (κ3) is 4.13. The number of phenolic OH excluding ortho intramolecular Hbond substituents is 1. The molecular formula is C26H20F6O2. The fraction of sp³-hybridized carbons (Fsp3) is 0.231. The number of ether oxygens (including phenoxy) is 1. The third-order valence-corrected chi connectivity index (χ3v) is 6.01. The number of halogens is 6. The molecule has 1 unspecified atom stereocenters. The quantitative estimate of drug-likeness (QED) is 0.382. The van der Waals surface area contributed by atoms with E-state index in [1.165, 1.54) is 18.2 Å². The van der Waals surface area contributed by atoms with Crippen molar-refractivity contribution in [2.24, 2.45) is 0 Å². The van der Waals surface area contributed by atoms with Crippen molar-refractivity contribution in [3.63, 3.8) is 0 Å². The maximum Gasteiger partial charge on any atom is 0.201 e. The van der Waals surface area contributed by atoms with Gasteiger partial charge in [-0.25, -0.2) is 17.6 Å². The molecular weight excluding hydrogens is 458 g/mol. The molecule has 178 valence electrons. The summed E-state index contributed by atoms with van der Waals surface area (Å²) in [5.74, 6) is -9.18. The van der Waals surface area contributed by atoms with E-state index in [2.05, 4.69) is 0 Å². The molecule has 1 atom stereocenters. The number of rotatable bonds is 5. The van der Waals surface area contributed by atoms with E-state index in [1.807, 2.05) is 0 Å². The smallest absolute Gasteiger partial charge is 0.201 e. The monoisotopic (exact) mass is 478 g/mol. The van der Waals surface area contributed by atoms with Gasteiger partial charge in [-0.15, -0.1) is 0 Å². The molecule has 3 aromatic rings. The molecule has 0 saturated carbocycles. The van der Waals surface area contributed by atoms with Crippen molar-refractivity contribution < 1.29 is 36.2 Å². The molecule has 0 aliphatic heterocycles. The highest BCUT2D eigenvalue weighted by atomic mass is 19.2. The summed E-state index contributed by atoms with van der Waals surface area (Å²) in [6, 6.07) is 7.12. The maximum absolute atomic E-state index is 15.0. The first-order valence-electron chi connectivity index (χ1n) is 10.7. The molecule has 0 radical (unpaired) electrons. The average molecular weight is 478 g/mol. The Kier molecular flexibility index (Phi) is 6.59. The average Bonchev–Trinajstić information content (AvgIpc) is 2.83. The van der Waals surface area contributed by atoms with Gasteiger partial charge in [0.05, 0.1) is 6.61 Å². The summed E-state index contributed by atoms with van der Waals surface area (Å²) in [6.45, 7) is 1.71. The summed E-state index contributed by atoms with van der Waals surface area (Å²) in [4.78, 5) is 0. The van der Waals surface area contributed by atoms with Crippen LogP contribution in [0, 0.1) is 34.9 Å². The van der Waals surface area contributed by atoms with Crippen molar-refractivity contribution >= 4 is 5.57 Å². The first kappa shape index (κ1) is 23.7. The first-order valence-corrected chi connectivity index (χ1v) is 10.7. The highest BCUT2D eigenvalue weighted by molar-refractivity contribution is 5.69. The lowest BCUT2D eigenvalue weighted by Gasteiger charge is -2.24. The second kappa shape index (κ2) is 9.44. The first-order chi connectivity index (χ1) is 16.2. The van der Waals surface area contributed by atoms with Crippen molar-refractivity contribution in [1.29, 1.82) is 0 Å². The van der Waals surface area contributed by atoms with E-state index in [-0.39, 0.29) is 36.3 Å². The molecule has 0 spiro atoms. The van der Waals surface area contributed by atoms with Crippen LogP contribution in [0.3, 0.4) is 0 Å². The summed E-state index contributed by atoms with van der Waals surface area (Å²) in [6.07, 6.45) is 2.46. The van der Waals surface area contributed by atoms with Crippen LogP contribution in [-0.2, 0) is 0 Å². The number of allylic oxidation sites excluding steroid dienone is 2. The van der Waals surface area contributed by atoms with E-state index in [9.17, 15) is 31.4 Å². The normalized spacial score (nSPS) is 15.9. The van der Waals surface area contributed by atoms with Crippen LogP contribution >= 0.6 is 0 Å². The summed E-state index contributed by atoms with van der Waals surface area (Å²) in [7, 11) is 0. The van der Waals surface area contributed by atoms with Crippen LogP contribution < -0.4 is 4.74 Å². The Morgan fingerprint density at radius 3 is 2.03 bits per heavy atom. The standard InChI is InChI=1S/C26H20F6O2/c1-2-34-20-12-10-18(24(30)26(20)32)17-8-7-15(21(27)23(17)29)13-3-5-14(6-4-13)16-9-11-19(33)25(31)22(16)28/h5,7-13,33H,2-4,6H2,1H3. The molecule has 8 heteroatoms. The van der Waals surface area contributed by atoms with E-state index >= 15 is 0 Å². The molecule has 1 N–H and O–H groups in total. The minimum atomic E-state index is -1.35. The van der Waals surface area contributed by atoms with E-state index in [0.717, 1.165) is 18.2 Å². The molecule has 0 heterocycles. The number of benzene rings is 3. The highest BCUT2D eigenvalue weighted by Gasteiger charge is 2.26. The molecule has 0 saturated heterocycles. The second-order valence-corrected chi connectivity index (χ2v) is 7.96. The van der Waals surface area contributed by atoms with E-state index in [4.69, 9.17) is 4.74 Å². The van der Waals surface area contributed by atoms with Crippen LogP contribution in [0.5, 0.6) is 11.5 Å². The Hall–Kier alpha value is -3.42. The van der Waals surface area contributed by atoms with Crippen molar-refractivity contribution in [1.82, 2.24) is 0 Å². The Morgan fingerprint density at radius 2 is 1.38 bits per heavy atom. The van der Waals surface area contributed by atoms with Crippen LogP contribution in [0.2, 0.25) is 0 Å². The summed E-state index contributed by atoms with van der Waals surface area (Å²) >= 11 is 0. The van der Waals surface area contributed by atoms with Gasteiger partial charge in [-0.05, 0) is 67.5 Å². The Bertz CT molecular complexity index is 1290. The molecule has 0 fully saturated rings. The van der Waals surface area contributed by atoms with Crippen LogP contribution in [0.1, 0.15) is 43.2 Å². The Balaban J connectivity index is 1.62. The van der Waals surface area contributed by atoms with E-state index in [1.54, 1.807) is 13.0 Å². The minimum Gasteiger partial charge on any atom is -0.505 e. The van der Waals surface area contributed by atoms with Crippen LogP contribution in [0.25, 0.3) is 16.7 Å². The zero-order chi connectivity index (χ0) is 24.6. The number of aromatic hydroxyl groups is 1. The summed E-state index contributed by atoms with van der Waals surface area (Å²) in [5.41, 5.74) is -0.296. The fourth-order valence-electron chi connectivity index (χ4n) is 4.24. The van der Waals surface area contributed by atoms with Gasteiger partial charge in [-0.1, -0.05) is 18.2 Å². The molecule has 2 nitrogen and oxygen atoms in total. The highest BCUT2D eigenvalue weighted by Crippen LogP contribution is 2.41. The van der Waals surface area contributed by atoms with Crippen molar-refractivity contribution in [3.05, 3.63) is 88.5 Å². The lowest BCUT2D eigenvalue weighted by molar-refractivity contribution is 0.314. The molecule has 0 aromatic heterocycles. The molecule has 34 heavy (non-hydrogen) atoms. The van der Waals surface area contributed by atoms with Crippen molar-refractivity contribution in [3.8, 4) is 22.6 Å². The van der Waals surface area contributed by atoms with Gasteiger partial charge < -0.3 is 9.84 Å². The van der Waals surface area contributed by atoms with Crippen molar-refractivity contribution in [2.45, 2.75) is 32.1 Å². The molecule has 4 rings (SSSR count).